The third-order valence-corrected chi connectivity index (χ3v) is 3.82. The predicted octanol–water partition coefficient (Wildman–Crippen LogP) is 4.92. The van der Waals surface area contributed by atoms with Crippen LogP contribution in [0.5, 0.6) is 0 Å². The molecule has 0 radical (unpaired) electrons. The Bertz CT molecular complexity index is 410. The van der Waals surface area contributed by atoms with Crippen LogP contribution in [0.3, 0.4) is 0 Å². The van der Waals surface area contributed by atoms with E-state index in [1.165, 1.54) is 0 Å². The fraction of sp³-hybridized carbons (Fsp3) is 0.917. The summed E-state index contributed by atoms with van der Waals surface area (Å²) in [6, 6.07) is 0. The van der Waals surface area contributed by atoms with Gasteiger partial charge in [0.25, 0.3) is 0 Å². The number of hydrogen-bond donors (Lipinski definition) is 0. The summed E-state index contributed by atoms with van der Waals surface area (Å²) < 4.78 is 118. The zero-order valence-corrected chi connectivity index (χ0v) is 13.2. The minimum absolute atomic E-state index is 0.0517. The van der Waals surface area contributed by atoms with E-state index in [0.717, 1.165) is 0 Å². The molecule has 12 heteroatoms. The molecule has 0 atom stereocenters. The maximum Gasteiger partial charge on any atom is 0.460 e. The summed E-state index contributed by atoms with van der Waals surface area (Å²) in [5.74, 6) is -20.2. The monoisotopic (exact) mass is 394 g/mol. The van der Waals surface area contributed by atoms with Crippen LogP contribution in [0, 0.1) is 0 Å². The molecule has 0 saturated carbocycles. The average molecular weight is 394 g/mol. The fourth-order valence-electron chi connectivity index (χ4n) is 1.42. The normalized spacial score (nSPS) is 13.9. The lowest BCUT2D eigenvalue weighted by Crippen LogP contribution is -2.60. The molecule has 0 aliphatic heterocycles. The first-order chi connectivity index (χ1) is 10.7. The van der Waals surface area contributed by atoms with Crippen LogP contribution in [-0.2, 0) is 9.53 Å². The summed E-state index contributed by atoms with van der Waals surface area (Å²) in [6.07, 6.45) is -8.56. The lowest BCUT2D eigenvalue weighted by atomic mass is 10.0. The van der Waals surface area contributed by atoms with E-state index in [1.54, 1.807) is 6.92 Å². The van der Waals surface area contributed by atoms with Crippen molar-refractivity contribution in [2.24, 2.45) is 0 Å². The molecule has 0 aromatic heterocycles. The van der Waals surface area contributed by atoms with Gasteiger partial charge in [0.2, 0.25) is 0 Å². The number of hydrogen-bond acceptors (Lipinski definition) is 3. The Morgan fingerprint density at radius 2 is 1.46 bits per heavy atom. The van der Waals surface area contributed by atoms with Gasteiger partial charge in [0.15, 0.2) is 0 Å². The molecule has 0 N–H and O–H groups in total. The molecular weight excluding hydrogens is 379 g/mol. The first-order valence-electron chi connectivity index (χ1n) is 6.64. The number of alkyl halides is 9. The highest BCUT2D eigenvalue weighted by Gasteiger charge is 2.81. The highest BCUT2D eigenvalue weighted by Crippen LogP contribution is 2.54. The Labute approximate surface area is 136 Å². The molecule has 0 heterocycles. The van der Waals surface area contributed by atoms with Gasteiger partial charge in [-0.3, -0.25) is 4.79 Å². The summed E-state index contributed by atoms with van der Waals surface area (Å²) in [4.78, 5) is 10.9. The van der Waals surface area contributed by atoms with Gasteiger partial charge in [-0.15, -0.1) is 0 Å². The zero-order chi connectivity index (χ0) is 19.2. The van der Waals surface area contributed by atoms with Crippen molar-refractivity contribution in [3.8, 4) is 0 Å². The van der Waals surface area contributed by atoms with Gasteiger partial charge in [-0.2, -0.15) is 51.3 Å². The number of rotatable bonds is 10. The first kappa shape index (κ1) is 23.2. The standard InChI is InChI=1S/C12H15F9O2S/c1-2-23-8(22)4-3-6-24-7-5-9(13,14)10(15,16)11(17,18)12(19,20)21/h2-7H2,1H3. The molecule has 0 aliphatic rings. The van der Waals surface area contributed by atoms with Crippen LogP contribution in [-0.4, -0.2) is 48.0 Å². The van der Waals surface area contributed by atoms with Gasteiger partial charge in [-0.25, -0.2) is 0 Å². The molecule has 144 valence electrons. The van der Waals surface area contributed by atoms with Gasteiger partial charge in [0.1, 0.15) is 0 Å². The molecule has 0 unspecified atom stereocenters. The summed E-state index contributed by atoms with van der Waals surface area (Å²) in [6.45, 7) is 1.70. The van der Waals surface area contributed by atoms with Crippen LogP contribution < -0.4 is 0 Å². The molecule has 0 bridgehead atoms. The SMILES string of the molecule is CCOC(=O)CCCSCCC(F)(F)C(F)(F)C(F)(F)C(F)(F)F. The van der Waals surface area contributed by atoms with Crippen molar-refractivity contribution in [3.05, 3.63) is 0 Å². The van der Waals surface area contributed by atoms with E-state index in [4.69, 9.17) is 0 Å². The van der Waals surface area contributed by atoms with E-state index < -0.39 is 42.1 Å². The lowest BCUT2D eigenvalue weighted by molar-refractivity contribution is -0.396. The van der Waals surface area contributed by atoms with Gasteiger partial charge >= 0.3 is 29.9 Å². The molecule has 0 amide bonds. The summed E-state index contributed by atoms with van der Waals surface area (Å²) >= 11 is 0.627. The van der Waals surface area contributed by atoms with Crippen molar-refractivity contribution in [1.29, 1.82) is 0 Å². The van der Waals surface area contributed by atoms with E-state index in [-0.39, 0.29) is 25.2 Å². The molecule has 0 aromatic carbocycles. The molecule has 0 rings (SSSR count). The second kappa shape index (κ2) is 8.52. The number of halogens is 9. The Morgan fingerprint density at radius 3 is 1.92 bits per heavy atom. The van der Waals surface area contributed by atoms with Crippen LogP contribution in [0.2, 0.25) is 0 Å². The van der Waals surface area contributed by atoms with Gasteiger partial charge in [-0.05, 0) is 24.9 Å². The summed E-state index contributed by atoms with van der Waals surface area (Å²) in [7, 11) is 0. The number of carbonyl (C=O) groups is 1. The number of carbonyl (C=O) groups excluding carboxylic acids is 1. The Morgan fingerprint density at radius 1 is 0.917 bits per heavy atom. The second-order valence-electron chi connectivity index (χ2n) is 4.62. The van der Waals surface area contributed by atoms with Crippen molar-refractivity contribution < 1.29 is 49.0 Å². The van der Waals surface area contributed by atoms with Gasteiger partial charge < -0.3 is 4.74 Å². The molecular formula is C12H15F9O2S. The number of esters is 1. The van der Waals surface area contributed by atoms with Crippen molar-refractivity contribution in [2.45, 2.75) is 50.1 Å². The van der Waals surface area contributed by atoms with Crippen molar-refractivity contribution in [2.75, 3.05) is 18.1 Å². The lowest BCUT2D eigenvalue weighted by Gasteiger charge is -2.33. The van der Waals surface area contributed by atoms with Crippen molar-refractivity contribution >= 4 is 17.7 Å². The second-order valence-corrected chi connectivity index (χ2v) is 5.85. The van der Waals surface area contributed by atoms with Crippen LogP contribution in [0.25, 0.3) is 0 Å². The quantitative estimate of drug-likeness (QED) is 0.299. The molecule has 2 nitrogen and oxygen atoms in total. The largest absolute Gasteiger partial charge is 0.466 e. The highest BCUT2D eigenvalue weighted by molar-refractivity contribution is 7.99. The zero-order valence-electron chi connectivity index (χ0n) is 12.4. The molecule has 0 aromatic rings. The maximum absolute atomic E-state index is 13.1. The van der Waals surface area contributed by atoms with Crippen molar-refractivity contribution in [3.63, 3.8) is 0 Å². The fourth-order valence-corrected chi connectivity index (χ4v) is 2.37. The van der Waals surface area contributed by atoms with Gasteiger partial charge in [-0.1, -0.05) is 0 Å². The summed E-state index contributed by atoms with van der Waals surface area (Å²) in [5, 5.41) is 0. The Hall–Kier alpha value is -0.810. The van der Waals surface area contributed by atoms with Crippen LogP contribution >= 0.6 is 11.8 Å². The molecule has 0 saturated heterocycles. The first-order valence-corrected chi connectivity index (χ1v) is 7.79. The van der Waals surface area contributed by atoms with Crippen LogP contribution in [0.1, 0.15) is 26.2 Å². The molecule has 24 heavy (non-hydrogen) atoms. The minimum Gasteiger partial charge on any atom is -0.466 e. The third kappa shape index (κ3) is 5.62. The molecule has 0 spiro atoms. The number of ether oxygens (including phenoxy) is 1. The van der Waals surface area contributed by atoms with Gasteiger partial charge in [0.05, 0.1) is 6.61 Å². The van der Waals surface area contributed by atoms with E-state index >= 15 is 0 Å². The Balaban J connectivity index is 4.46. The molecule has 0 aliphatic carbocycles. The Kier molecular flexibility index (Phi) is 8.24. The summed E-state index contributed by atoms with van der Waals surface area (Å²) in [5.41, 5.74) is 0. The highest BCUT2D eigenvalue weighted by atomic mass is 32.2. The maximum atomic E-state index is 13.1. The average Bonchev–Trinajstić information content (AvgIpc) is 2.41. The number of thioether (sulfide) groups is 1. The van der Waals surface area contributed by atoms with E-state index in [2.05, 4.69) is 4.74 Å². The topological polar surface area (TPSA) is 26.3 Å². The van der Waals surface area contributed by atoms with Crippen LogP contribution in [0.4, 0.5) is 39.5 Å². The van der Waals surface area contributed by atoms with E-state index in [0.29, 0.717) is 11.8 Å². The van der Waals surface area contributed by atoms with E-state index in [9.17, 15) is 44.3 Å². The van der Waals surface area contributed by atoms with E-state index in [1.807, 2.05) is 0 Å². The third-order valence-electron chi connectivity index (χ3n) is 2.75. The smallest absolute Gasteiger partial charge is 0.460 e. The minimum atomic E-state index is -6.85. The van der Waals surface area contributed by atoms with Crippen molar-refractivity contribution in [1.82, 2.24) is 0 Å². The van der Waals surface area contributed by atoms with Crippen LogP contribution in [0.15, 0.2) is 0 Å². The predicted molar refractivity (Wildman–Crippen MR) is 68.7 cm³/mol. The van der Waals surface area contributed by atoms with Gasteiger partial charge in [0, 0.05) is 12.8 Å². The molecule has 0 fully saturated rings.